The van der Waals surface area contributed by atoms with E-state index in [0.29, 0.717) is 36.2 Å². The molecule has 0 spiro atoms. The molecular weight excluding hydrogens is 572 g/mol. The molecule has 3 aromatic rings. The summed E-state index contributed by atoms with van der Waals surface area (Å²) in [4.78, 5) is 28.5. The summed E-state index contributed by atoms with van der Waals surface area (Å²) >= 11 is 0. The summed E-state index contributed by atoms with van der Waals surface area (Å²) in [6.45, 7) is 5.27. The second-order valence-corrected chi connectivity index (χ2v) is 10.5. The second kappa shape index (κ2) is 11.0. The van der Waals surface area contributed by atoms with Crippen molar-refractivity contribution < 1.29 is 36.7 Å². The molecule has 226 valence electrons. The number of methoxy groups -OCH3 is 1. The Kier molecular flexibility index (Phi) is 7.34. The molecule has 3 aliphatic rings. The molecule has 6 rings (SSSR count). The van der Waals surface area contributed by atoms with Gasteiger partial charge >= 0.3 is 6.18 Å². The van der Waals surface area contributed by atoms with Crippen molar-refractivity contribution in [2.75, 3.05) is 42.1 Å². The van der Waals surface area contributed by atoms with Crippen LogP contribution in [-0.4, -0.2) is 54.9 Å². The zero-order valence-corrected chi connectivity index (χ0v) is 23.0. The number of nitrogens with zero attached hydrogens (tertiary/aromatic N) is 4. The number of hydroxylamine groups is 1. The number of fused-ring (bicyclic) bond motifs is 2. The minimum absolute atomic E-state index is 0.101. The Balaban J connectivity index is 1.32. The van der Waals surface area contributed by atoms with Crippen molar-refractivity contribution in [1.29, 1.82) is 0 Å². The number of nitrogens with two attached hydrogens (primary N) is 1. The minimum Gasteiger partial charge on any atom is -0.494 e. The smallest absolute Gasteiger partial charge is 0.419 e. The highest BCUT2D eigenvalue weighted by molar-refractivity contribution is 6.19. The number of amides is 1. The molecule has 1 amide bonds. The Bertz CT molecular complexity index is 1590. The number of carbonyl (C=O) groups excluding carboxylic acids is 1. The van der Waals surface area contributed by atoms with Crippen LogP contribution in [0.25, 0.3) is 5.57 Å². The predicted molar refractivity (Wildman–Crippen MR) is 149 cm³/mol. The molecule has 3 atom stereocenters. The van der Waals surface area contributed by atoms with E-state index in [9.17, 15) is 18.0 Å². The molecule has 2 aromatic carbocycles. The molecule has 10 nitrogen and oxygen atoms in total. The van der Waals surface area contributed by atoms with E-state index in [-0.39, 0.29) is 47.9 Å². The number of aromatic nitrogens is 2. The first-order valence-electron chi connectivity index (χ1n) is 13.5. The molecule has 43 heavy (non-hydrogen) atoms. The molecule has 0 saturated carbocycles. The van der Waals surface area contributed by atoms with Crippen LogP contribution in [-0.2, 0) is 20.5 Å². The van der Waals surface area contributed by atoms with E-state index < -0.39 is 29.5 Å². The van der Waals surface area contributed by atoms with E-state index in [2.05, 4.69) is 26.8 Å². The van der Waals surface area contributed by atoms with Crippen molar-refractivity contribution in [2.24, 2.45) is 5.73 Å². The molecule has 0 aliphatic carbocycles. The fourth-order valence-corrected chi connectivity index (χ4v) is 5.82. The van der Waals surface area contributed by atoms with Gasteiger partial charge in [0.25, 0.3) is 0 Å². The number of primary amides is 1. The number of alkyl halides is 3. The highest BCUT2D eigenvalue weighted by Crippen LogP contribution is 2.43. The lowest BCUT2D eigenvalue weighted by molar-refractivity contribution is -0.140. The van der Waals surface area contributed by atoms with Gasteiger partial charge in [0.05, 0.1) is 49.8 Å². The molecule has 4 heterocycles. The summed E-state index contributed by atoms with van der Waals surface area (Å²) in [6.07, 6.45) is -2.39. The molecule has 3 N–H and O–H groups in total. The first-order valence-corrected chi connectivity index (χ1v) is 13.5. The maximum absolute atomic E-state index is 15.0. The monoisotopic (exact) mass is 600 g/mol. The van der Waals surface area contributed by atoms with Crippen LogP contribution in [0.5, 0.6) is 5.75 Å². The van der Waals surface area contributed by atoms with Crippen molar-refractivity contribution in [3.8, 4) is 5.75 Å². The van der Waals surface area contributed by atoms with Gasteiger partial charge in [-0.3, -0.25) is 9.63 Å². The number of hydrogen-bond donors (Lipinski definition) is 2. The SMILES string of the molecule is C=C(C(N)=O)c1cc(Nc2cc(N3OCC[C@@H]3c3cccc(C(F)(F)F)c3F)ncn2)c(OC)cc1N1C[C@@H]2C[C@H]1CO2. The summed E-state index contributed by atoms with van der Waals surface area (Å²) in [6, 6.07) is 7.46. The zero-order valence-electron chi connectivity index (χ0n) is 23.0. The molecule has 3 saturated heterocycles. The fourth-order valence-electron chi connectivity index (χ4n) is 5.82. The molecule has 0 unspecified atom stereocenters. The van der Waals surface area contributed by atoms with Crippen LogP contribution in [0.4, 0.5) is 40.6 Å². The van der Waals surface area contributed by atoms with Crippen molar-refractivity contribution in [3.05, 3.63) is 71.8 Å². The van der Waals surface area contributed by atoms with Crippen LogP contribution in [0.1, 0.15) is 35.6 Å². The molecule has 3 fully saturated rings. The summed E-state index contributed by atoms with van der Waals surface area (Å²) in [5, 5.41) is 4.43. The van der Waals surface area contributed by atoms with Crippen molar-refractivity contribution in [2.45, 2.75) is 37.2 Å². The van der Waals surface area contributed by atoms with Gasteiger partial charge in [-0.05, 0) is 18.6 Å². The van der Waals surface area contributed by atoms with Gasteiger partial charge in [0, 0.05) is 47.5 Å². The van der Waals surface area contributed by atoms with Gasteiger partial charge < -0.3 is 25.4 Å². The normalized spacial score (nSPS) is 21.4. The number of rotatable bonds is 8. The van der Waals surface area contributed by atoms with Crippen LogP contribution < -0.4 is 25.8 Å². The fraction of sp³-hybridized carbons (Fsp3) is 0.345. The molecule has 2 bridgehead atoms. The van der Waals surface area contributed by atoms with E-state index in [0.717, 1.165) is 12.1 Å². The average Bonchev–Trinajstić information content (AvgIpc) is 3.74. The average molecular weight is 601 g/mol. The third-order valence-electron chi connectivity index (χ3n) is 7.89. The summed E-state index contributed by atoms with van der Waals surface area (Å²) in [5.74, 6) is -1.11. The van der Waals surface area contributed by atoms with E-state index in [4.69, 9.17) is 20.0 Å². The molecule has 1 aromatic heterocycles. The lowest BCUT2D eigenvalue weighted by Gasteiger charge is -2.31. The van der Waals surface area contributed by atoms with Gasteiger partial charge in [-0.15, -0.1) is 0 Å². The Morgan fingerprint density at radius 2 is 2.05 bits per heavy atom. The van der Waals surface area contributed by atoms with E-state index >= 15 is 4.39 Å². The van der Waals surface area contributed by atoms with Crippen LogP contribution in [0, 0.1) is 5.82 Å². The number of benzene rings is 2. The van der Waals surface area contributed by atoms with Crippen molar-refractivity contribution in [1.82, 2.24) is 9.97 Å². The third-order valence-corrected chi connectivity index (χ3v) is 7.89. The maximum Gasteiger partial charge on any atom is 0.419 e. The number of anilines is 4. The first-order chi connectivity index (χ1) is 20.5. The van der Waals surface area contributed by atoms with Crippen molar-refractivity contribution >= 4 is 34.5 Å². The van der Waals surface area contributed by atoms with Crippen LogP contribution in [0.15, 0.2) is 49.3 Å². The third kappa shape index (κ3) is 5.31. The Morgan fingerprint density at radius 3 is 2.72 bits per heavy atom. The number of hydrogen-bond acceptors (Lipinski definition) is 9. The number of morpholine rings is 1. The van der Waals surface area contributed by atoms with Gasteiger partial charge in [-0.1, -0.05) is 18.7 Å². The van der Waals surface area contributed by atoms with Crippen LogP contribution >= 0.6 is 0 Å². The van der Waals surface area contributed by atoms with E-state index in [1.165, 1.54) is 36.7 Å². The van der Waals surface area contributed by atoms with Gasteiger partial charge in [0.1, 0.15) is 23.7 Å². The molecule has 3 aliphatic heterocycles. The van der Waals surface area contributed by atoms with Gasteiger partial charge in [-0.2, -0.15) is 13.2 Å². The van der Waals surface area contributed by atoms with Crippen molar-refractivity contribution in [3.63, 3.8) is 0 Å². The Morgan fingerprint density at radius 1 is 1.23 bits per heavy atom. The number of carbonyl (C=O) groups is 1. The summed E-state index contributed by atoms with van der Waals surface area (Å²) < 4.78 is 66.5. The van der Waals surface area contributed by atoms with E-state index in [1.54, 1.807) is 12.1 Å². The maximum atomic E-state index is 15.0. The standard InChI is InChI=1S/C29H28F4N6O4/c1-15(28(34)40)19-9-21(24(41-2)10-23(19)38-12-17-8-16(38)13-42-17)37-25-11-26(36-14-35-25)39-22(6-7-43-39)18-4-3-5-20(27(18)30)29(31,32)33/h3-5,9-11,14,16-17,22H,1,6-8,12-13H2,2H3,(H2,34,40)(H,35,36,37)/t16-,17-,22+/m0/s1. The number of nitrogens with one attached hydrogen (secondary N) is 1. The number of ether oxygens (including phenoxy) is 2. The van der Waals surface area contributed by atoms with Gasteiger partial charge in [-0.25, -0.2) is 19.4 Å². The quantitative estimate of drug-likeness (QED) is 0.279. The Hall–Kier alpha value is -4.43. The van der Waals surface area contributed by atoms with Gasteiger partial charge in [0.2, 0.25) is 5.91 Å². The van der Waals surface area contributed by atoms with Gasteiger partial charge in [0.15, 0.2) is 5.82 Å². The molecular formula is C29H28F4N6O4. The topological polar surface area (TPSA) is 115 Å². The van der Waals surface area contributed by atoms with Crippen LogP contribution in [0.2, 0.25) is 0 Å². The van der Waals surface area contributed by atoms with Crippen LogP contribution in [0.3, 0.4) is 0 Å². The number of halogens is 4. The highest BCUT2D eigenvalue weighted by Gasteiger charge is 2.41. The predicted octanol–water partition coefficient (Wildman–Crippen LogP) is 4.75. The zero-order chi connectivity index (χ0) is 30.5. The Labute approximate surface area is 244 Å². The summed E-state index contributed by atoms with van der Waals surface area (Å²) in [5.41, 5.74) is 5.92. The van der Waals surface area contributed by atoms with E-state index in [1.807, 2.05) is 0 Å². The largest absolute Gasteiger partial charge is 0.494 e. The first kappa shape index (κ1) is 28.7. The lowest BCUT2D eigenvalue weighted by atomic mass is 10.0. The molecule has 0 radical (unpaired) electrons. The molecule has 14 heteroatoms. The summed E-state index contributed by atoms with van der Waals surface area (Å²) in [7, 11) is 1.50. The second-order valence-electron chi connectivity index (χ2n) is 10.5. The minimum atomic E-state index is -4.84. The lowest BCUT2D eigenvalue weighted by Crippen LogP contribution is -2.37. The highest BCUT2D eigenvalue weighted by atomic mass is 19.4.